The molecule has 1 fully saturated rings. The predicted octanol–water partition coefficient (Wildman–Crippen LogP) is 4.84. The van der Waals surface area contributed by atoms with Gasteiger partial charge in [-0.05, 0) is 72.7 Å². The Bertz CT molecular complexity index is 1200. The molecule has 0 aliphatic carbocycles. The topological polar surface area (TPSA) is 79.9 Å². The van der Waals surface area contributed by atoms with E-state index in [2.05, 4.69) is 27.7 Å². The lowest BCUT2D eigenvalue weighted by atomic mass is 10.1. The Morgan fingerprint density at radius 2 is 1.72 bits per heavy atom. The van der Waals surface area contributed by atoms with Crippen molar-refractivity contribution in [3.05, 3.63) is 81.7 Å². The minimum absolute atomic E-state index is 0.169. The van der Waals surface area contributed by atoms with Crippen molar-refractivity contribution in [2.24, 2.45) is 0 Å². The van der Waals surface area contributed by atoms with Crippen LogP contribution in [-0.2, 0) is 11.3 Å². The third kappa shape index (κ3) is 6.46. The number of thiophene rings is 1. The molecule has 1 aliphatic rings. The molecule has 0 spiro atoms. The number of nitrogens with one attached hydrogen (secondary N) is 2. The van der Waals surface area contributed by atoms with Gasteiger partial charge in [0.05, 0.1) is 14.2 Å². The van der Waals surface area contributed by atoms with Crippen LogP contribution in [0.1, 0.15) is 40.1 Å². The van der Waals surface area contributed by atoms with E-state index < -0.39 is 5.91 Å². The molecule has 1 aliphatic heterocycles. The van der Waals surface area contributed by atoms with Gasteiger partial charge in [-0.1, -0.05) is 18.2 Å². The number of hydrogen-bond donors (Lipinski definition) is 2. The van der Waals surface area contributed by atoms with Crippen molar-refractivity contribution in [2.75, 3.05) is 32.2 Å². The molecule has 0 saturated carbocycles. The first-order valence-electron chi connectivity index (χ1n) is 12.0. The molecule has 2 heterocycles. The maximum Gasteiger partial charge on any atom is 0.268 e. The van der Waals surface area contributed by atoms with Crippen molar-refractivity contribution in [1.82, 2.24) is 10.6 Å². The van der Waals surface area contributed by atoms with Crippen LogP contribution in [0, 0.1) is 0 Å². The molecule has 2 N–H and O–H groups in total. The minimum atomic E-state index is -0.417. The Balaban J connectivity index is 1.44. The van der Waals surface area contributed by atoms with Gasteiger partial charge in [0.25, 0.3) is 11.8 Å². The summed E-state index contributed by atoms with van der Waals surface area (Å²) in [5, 5.41) is 7.61. The lowest BCUT2D eigenvalue weighted by Crippen LogP contribution is -2.34. The molecule has 1 aromatic heterocycles. The van der Waals surface area contributed by atoms with E-state index in [0.717, 1.165) is 23.5 Å². The van der Waals surface area contributed by atoms with Crippen LogP contribution in [0.15, 0.2) is 65.7 Å². The van der Waals surface area contributed by atoms with Crippen LogP contribution in [0.5, 0.6) is 11.5 Å². The molecule has 36 heavy (non-hydrogen) atoms. The summed E-state index contributed by atoms with van der Waals surface area (Å²) >= 11 is 1.48. The fourth-order valence-electron chi connectivity index (χ4n) is 4.10. The summed E-state index contributed by atoms with van der Waals surface area (Å²) in [6.45, 7) is 2.53. The van der Waals surface area contributed by atoms with Gasteiger partial charge >= 0.3 is 0 Å². The van der Waals surface area contributed by atoms with Gasteiger partial charge in [-0.25, -0.2) is 0 Å². The van der Waals surface area contributed by atoms with E-state index in [1.165, 1.54) is 50.5 Å². The number of anilines is 1. The van der Waals surface area contributed by atoms with Gasteiger partial charge in [-0.2, -0.15) is 0 Å². The minimum Gasteiger partial charge on any atom is -0.493 e. The van der Waals surface area contributed by atoms with Crippen molar-refractivity contribution in [3.8, 4) is 11.5 Å². The summed E-state index contributed by atoms with van der Waals surface area (Å²) in [5.74, 6) is 0.177. The number of benzene rings is 2. The van der Waals surface area contributed by atoms with Crippen molar-refractivity contribution < 1.29 is 19.1 Å². The predicted molar refractivity (Wildman–Crippen MR) is 144 cm³/mol. The molecule has 0 atom stereocenters. The Labute approximate surface area is 215 Å². The standard InChI is InChI=1S/C28H31N3O4S/c1-34-25-13-10-21(17-26(25)35-2)27(32)30-24(18-23-7-6-16-36-23)28(33)29-19-20-8-11-22(12-9-20)31-14-4-3-5-15-31/h6-13,16-18H,3-5,14-15,19H2,1-2H3,(H,29,33)(H,30,32)/b24-18-. The zero-order chi connectivity index (χ0) is 25.3. The number of carbonyl (C=O) groups is 2. The number of carbonyl (C=O) groups excluding carboxylic acids is 2. The summed E-state index contributed by atoms with van der Waals surface area (Å²) in [4.78, 5) is 29.4. The average molecular weight is 506 g/mol. The van der Waals surface area contributed by atoms with Crippen LogP contribution in [-0.4, -0.2) is 39.1 Å². The van der Waals surface area contributed by atoms with Gasteiger partial charge in [-0.15, -0.1) is 11.3 Å². The Kier molecular flexibility index (Phi) is 8.62. The third-order valence-corrected chi connectivity index (χ3v) is 6.90. The van der Waals surface area contributed by atoms with Crippen molar-refractivity contribution in [1.29, 1.82) is 0 Å². The molecule has 2 aromatic carbocycles. The second-order valence-corrected chi connectivity index (χ2v) is 9.47. The smallest absolute Gasteiger partial charge is 0.268 e. The van der Waals surface area contributed by atoms with Gasteiger partial charge in [0, 0.05) is 35.8 Å². The molecule has 1 saturated heterocycles. The number of methoxy groups -OCH3 is 2. The highest BCUT2D eigenvalue weighted by Crippen LogP contribution is 2.27. The molecule has 188 valence electrons. The zero-order valence-corrected chi connectivity index (χ0v) is 21.4. The van der Waals surface area contributed by atoms with E-state index in [-0.39, 0.29) is 11.6 Å². The highest BCUT2D eigenvalue weighted by Gasteiger charge is 2.17. The average Bonchev–Trinajstić information content (AvgIpc) is 3.45. The fourth-order valence-corrected chi connectivity index (χ4v) is 4.76. The zero-order valence-electron chi connectivity index (χ0n) is 20.6. The van der Waals surface area contributed by atoms with Crippen molar-refractivity contribution in [2.45, 2.75) is 25.8 Å². The first kappa shape index (κ1) is 25.3. The molecule has 0 unspecified atom stereocenters. The second kappa shape index (κ2) is 12.3. The van der Waals surface area contributed by atoms with Crippen molar-refractivity contribution >= 4 is 34.9 Å². The summed E-state index contributed by atoms with van der Waals surface area (Å²) in [5.41, 5.74) is 2.73. The van der Waals surface area contributed by atoms with Gasteiger partial charge in [0.2, 0.25) is 0 Å². The van der Waals surface area contributed by atoms with E-state index in [9.17, 15) is 9.59 Å². The van der Waals surface area contributed by atoms with E-state index >= 15 is 0 Å². The Morgan fingerprint density at radius 3 is 2.39 bits per heavy atom. The van der Waals surface area contributed by atoms with E-state index in [1.54, 1.807) is 24.3 Å². The third-order valence-electron chi connectivity index (χ3n) is 6.08. The van der Waals surface area contributed by atoms with Crippen LogP contribution in [0.4, 0.5) is 5.69 Å². The molecule has 3 aromatic rings. The van der Waals surface area contributed by atoms with Gasteiger partial charge in [-0.3, -0.25) is 9.59 Å². The summed E-state index contributed by atoms with van der Waals surface area (Å²) in [6.07, 6.45) is 5.43. The molecule has 4 rings (SSSR count). The normalized spacial score (nSPS) is 13.7. The number of rotatable bonds is 9. The van der Waals surface area contributed by atoms with E-state index in [4.69, 9.17) is 9.47 Å². The molecule has 0 bridgehead atoms. The van der Waals surface area contributed by atoms with Gasteiger partial charge in [0.1, 0.15) is 5.70 Å². The van der Waals surface area contributed by atoms with Crippen LogP contribution >= 0.6 is 11.3 Å². The number of hydrogen-bond acceptors (Lipinski definition) is 6. The number of ether oxygens (including phenoxy) is 2. The number of nitrogens with zero attached hydrogens (tertiary/aromatic N) is 1. The lowest BCUT2D eigenvalue weighted by Gasteiger charge is -2.28. The quantitative estimate of drug-likeness (QED) is 0.407. The van der Waals surface area contributed by atoms with Crippen LogP contribution in [0.2, 0.25) is 0 Å². The first-order chi connectivity index (χ1) is 17.6. The molecule has 7 nitrogen and oxygen atoms in total. The van der Waals surface area contributed by atoms with Crippen LogP contribution in [0.25, 0.3) is 6.08 Å². The molecule has 2 amide bonds. The molecular weight excluding hydrogens is 474 g/mol. The SMILES string of the molecule is COc1ccc(C(=O)N/C(=C\c2cccs2)C(=O)NCc2ccc(N3CCCCC3)cc2)cc1OC. The molecular formula is C28H31N3O4S. The highest BCUT2D eigenvalue weighted by molar-refractivity contribution is 7.10. The maximum atomic E-state index is 13.1. The van der Waals surface area contributed by atoms with Crippen LogP contribution < -0.4 is 25.0 Å². The van der Waals surface area contributed by atoms with Gasteiger partial charge in [0.15, 0.2) is 11.5 Å². The van der Waals surface area contributed by atoms with Gasteiger partial charge < -0.3 is 25.0 Å². The number of amides is 2. The lowest BCUT2D eigenvalue weighted by molar-refractivity contribution is -0.117. The fraction of sp³-hybridized carbons (Fsp3) is 0.286. The highest BCUT2D eigenvalue weighted by atomic mass is 32.1. The number of piperidine rings is 1. The van der Waals surface area contributed by atoms with Crippen molar-refractivity contribution in [3.63, 3.8) is 0 Å². The Hall–Kier alpha value is -3.78. The summed E-state index contributed by atoms with van der Waals surface area (Å²) in [7, 11) is 3.04. The maximum absolute atomic E-state index is 13.1. The monoisotopic (exact) mass is 505 g/mol. The van der Waals surface area contributed by atoms with E-state index in [1.807, 2.05) is 29.6 Å². The largest absolute Gasteiger partial charge is 0.493 e. The second-order valence-electron chi connectivity index (χ2n) is 8.49. The Morgan fingerprint density at radius 1 is 0.972 bits per heavy atom. The van der Waals surface area contributed by atoms with Crippen LogP contribution in [0.3, 0.4) is 0 Å². The molecule has 8 heteroatoms. The summed E-state index contributed by atoms with van der Waals surface area (Å²) in [6, 6.07) is 16.9. The molecule has 0 radical (unpaired) electrons. The summed E-state index contributed by atoms with van der Waals surface area (Å²) < 4.78 is 10.5. The first-order valence-corrected chi connectivity index (χ1v) is 12.9. The van der Waals surface area contributed by atoms with E-state index in [0.29, 0.717) is 23.6 Å².